The molecule has 0 fully saturated rings. The van der Waals surface area contributed by atoms with Gasteiger partial charge < -0.3 is 15.8 Å². The number of aromatic nitrogens is 1. The summed E-state index contributed by atoms with van der Waals surface area (Å²) >= 11 is 1.46. The molecule has 1 heterocycles. The van der Waals surface area contributed by atoms with Crippen LogP contribution in [0.2, 0.25) is 0 Å². The third-order valence-electron chi connectivity index (χ3n) is 1.93. The van der Waals surface area contributed by atoms with Crippen molar-refractivity contribution in [2.45, 2.75) is 32.4 Å². The summed E-state index contributed by atoms with van der Waals surface area (Å²) in [5.41, 5.74) is 7.29. The van der Waals surface area contributed by atoms with Crippen molar-refractivity contribution in [2.24, 2.45) is 5.73 Å². The van der Waals surface area contributed by atoms with E-state index in [0.29, 0.717) is 6.54 Å². The molecule has 1 atom stereocenters. The van der Waals surface area contributed by atoms with Crippen molar-refractivity contribution < 1.29 is 9.53 Å². The van der Waals surface area contributed by atoms with E-state index >= 15 is 0 Å². The third kappa shape index (κ3) is 5.67. The summed E-state index contributed by atoms with van der Waals surface area (Å²) in [6, 6.07) is 0.176. The highest BCUT2D eigenvalue weighted by molar-refractivity contribution is 7.09. The molecule has 0 radical (unpaired) electrons. The standard InChI is InChI=1S/C10H17N3O2S/c1-8(11)3-2-4-13-10(14)15-6-9-5-12-7-16-9/h5,7-8H,2-4,6,11H2,1H3,(H,13,14)/t8-/m0/s1. The lowest BCUT2D eigenvalue weighted by Crippen LogP contribution is -2.26. The van der Waals surface area contributed by atoms with Crippen LogP contribution in [0.5, 0.6) is 0 Å². The van der Waals surface area contributed by atoms with Gasteiger partial charge in [0.2, 0.25) is 0 Å². The van der Waals surface area contributed by atoms with Gasteiger partial charge in [-0.15, -0.1) is 11.3 Å². The number of alkyl carbamates (subject to hydrolysis) is 1. The smallest absolute Gasteiger partial charge is 0.407 e. The lowest BCUT2D eigenvalue weighted by atomic mass is 10.2. The van der Waals surface area contributed by atoms with Crippen LogP contribution >= 0.6 is 11.3 Å². The van der Waals surface area contributed by atoms with Gasteiger partial charge in [0.1, 0.15) is 6.61 Å². The van der Waals surface area contributed by atoms with E-state index in [1.54, 1.807) is 11.7 Å². The minimum atomic E-state index is -0.391. The molecule has 0 spiro atoms. The molecule has 0 unspecified atom stereocenters. The Labute approximate surface area is 99.0 Å². The van der Waals surface area contributed by atoms with Gasteiger partial charge >= 0.3 is 6.09 Å². The predicted octanol–water partition coefficient (Wildman–Crippen LogP) is 1.50. The molecule has 0 aliphatic heterocycles. The number of carbonyl (C=O) groups excluding carboxylic acids is 1. The molecule has 0 aliphatic carbocycles. The van der Waals surface area contributed by atoms with Gasteiger partial charge in [0.25, 0.3) is 0 Å². The molecule has 6 heteroatoms. The Morgan fingerprint density at radius 3 is 3.19 bits per heavy atom. The van der Waals surface area contributed by atoms with E-state index in [-0.39, 0.29) is 12.6 Å². The van der Waals surface area contributed by atoms with E-state index in [9.17, 15) is 4.79 Å². The van der Waals surface area contributed by atoms with Crippen molar-refractivity contribution in [2.75, 3.05) is 6.54 Å². The van der Waals surface area contributed by atoms with Gasteiger partial charge in [-0.2, -0.15) is 0 Å². The zero-order chi connectivity index (χ0) is 11.8. The van der Waals surface area contributed by atoms with Crippen LogP contribution in [-0.4, -0.2) is 23.7 Å². The summed E-state index contributed by atoms with van der Waals surface area (Å²) in [5, 5.41) is 2.67. The molecular formula is C10H17N3O2S. The molecule has 1 rings (SSSR count). The molecule has 1 aromatic rings. The molecule has 1 aromatic heterocycles. The van der Waals surface area contributed by atoms with Gasteiger partial charge in [0, 0.05) is 18.8 Å². The number of ether oxygens (including phenoxy) is 1. The summed E-state index contributed by atoms with van der Waals surface area (Å²) in [5.74, 6) is 0. The third-order valence-corrected chi connectivity index (χ3v) is 2.69. The largest absolute Gasteiger partial charge is 0.444 e. The minimum Gasteiger partial charge on any atom is -0.444 e. The monoisotopic (exact) mass is 243 g/mol. The summed E-state index contributed by atoms with van der Waals surface area (Å²) in [6.07, 6.45) is 3.06. The molecule has 90 valence electrons. The maximum Gasteiger partial charge on any atom is 0.407 e. The highest BCUT2D eigenvalue weighted by Gasteiger charge is 2.03. The number of amides is 1. The van der Waals surface area contributed by atoms with Gasteiger partial charge in [-0.1, -0.05) is 0 Å². The molecule has 3 N–H and O–H groups in total. The van der Waals surface area contributed by atoms with Crippen molar-refractivity contribution in [3.05, 3.63) is 16.6 Å². The quantitative estimate of drug-likeness (QED) is 0.742. The van der Waals surface area contributed by atoms with E-state index in [1.165, 1.54) is 11.3 Å². The van der Waals surface area contributed by atoms with Crippen LogP contribution in [0.4, 0.5) is 4.79 Å². The summed E-state index contributed by atoms with van der Waals surface area (Å²) in [6.45, 7) is 2.83. The van der Waals surface area contributed by atoms with Crippen molar-refractivity contribution in [1.29, 1.82) is 0 Å². The van der Waals surface area contributed by atoms with Crippen LogP contribution in [0.3, 0.4) is 0 Å². The normalized spacial score (nSPS) is 12.1. The number of nitrogens with one attached hydrogen (secondary N) is 1. The summed E-state index contributed by atoms with van der Waals surface area (Å²) in [7, 11) is 0. The topological polar surface area (TPSA) is 77.2 Å². The van der Waals surface area contributed by atoms with E-state index in [4.69, 9.17) is 10.5 Å². The Morgan fingerprint density at radius 1 is 1.75 bits per heavy atom. The minimum absolute atomic E-state index is 0.176. The van der Waals surface area contributed by atoms with Crippen molar-refractivity contribution in [1.82, 2.24) is 10.3 Å². The summed E-state index contributed by atoms with van der Waals surface area (Å²) < 4.78 is 4.98. The van der Waals surface area contributed by atoms with Crippen LogP contribution in [0.25, 0.3) is 0 Å². The van der Waals surface area contributed by atoms with Crippen LogP contribution in [0.1, 0.15) is 24.6 Å². The number of hydrogen-bond donors (Lipinski definition) is 2. The Bertz CT molecular complexity index is 301. The van der Waals surface area contributed by atoms with Gasteiger partial charge in [-0.3, -0.25) is 4.98 Å². The maximum atomic E-state index is 11.2. The van der Waals surface area contributed by atoms with E-state index in [2.05, 4.69) is 10.3 Å². The fourth-order valence-corrected chi connectivity index (χ4v) is 1.62. The lowest BCUT2D eigenvalue weighted by molar-refractivity contribution is 0.140. The van der Waals surface area contributed by atoms with Crippen LogP contribution in [-0.2, 0) is 11.3 Å². The number of hydrogen-bond acceptors (Lipinski definition) is 5. The molecule has 0 saturated heterocycles. The highest BCUT2D eigenvalue weighted by Crippen LogP contribution is 2.06. The van der Waals surface area contributed by atoms with Crippen molar-refractivity contribution in [3.8, 4) is 0 Å². The van der Waals surface area contributed by atoms with Gasteiger partial charge in [-0.05, 0) is 19.8 Å². The summed E-state index contributed by atoms with van der Waals surface area (Å²) in [4.78, 5) is 16.0. The van der Waals surface area contributed by atoms with Crippen molar-refractivity contribution in [3.63, 3.8) is 0 Å². The van der Waals surface area contributed by atoms with Crippen LogP contribution < -0.4 is 11.1 Å². The van der Waals surface area contributed by atoms with Crippen LogP contribution in [0.15, 0.2) is 11.7 Å². The van der Waals surface area contributed by atoms with Crippen LogP contribution in [0, 0.1) is 0 Å². The highest BCUT2D eigenvalue weighted by atomic mass is 32.1. The average molecular weight is 243 g/mol. The molecule has 0 aliphatic rings. The van der Waals surface area contributed by atoms with Gasteiger partial charge in [0.05, 0.1) is 10.4 Å². The van der Waals surface area contributed by atoms with E-state index < -0.39 is 6.09 Å². The second kappa shape index (κ2) is 7.19. The van der Waals surface area contributed by atoms with E-state index in [1.807, 2.05) is 6.92 Å². The average Bonchev–Trinajstić information content (AvgIpc) is 2.74. The molecule has 5 nitrogen and oxygen atoms in total. The molecule has 0 aromatic carbocycles. The first-order valence-electron chi connectivity index (χ1n) is 5.22. The first-order valence-corrected chi connectivity index (χ1v) is 6.10. The molecular weight excluding hydrogens is 226 g/mol. The number of carbonyl (C=O) groups is 1. The van der Waals surface area contributed by atoms with Gasteiger partial charge in [-0.25, -0.2) is 4.79 Å². The Balaban J connectivity index is 2.03. The zero-order valence-electron chi connectivity index (χ0n) is 9.31. The number of rotatable bonds is 6. The van der Waals surface area contributed by atoms with E-state index in [0.717, 1.165) is 17.7 Å². The van der Waals surface area contributed by atoms with Gasteiger partial charge in [0.15, 0.2) is 0 Å². The zero-order valence-corrected chi connectivity index (χ0v) is 10.1. The maximum absolute atomic E-state index is 11.2. The fourth-order valence-electron chi connectivity index (χ4n) is 1.12. The second-order valence-electron chi connectivity index (χ2n) is 3.59. The lowest BCUT2D eigenvalue weighted by Gasteiger charge is -2.07. The Hall–Kier alpha value is -1.14. The number of thiazole rings is 1. The van der Waals surface area contributed by atoms with Crippen molar-refractivity contribution >= 4 is 17.4 Å². The predicted molar refractivity (Wildman–Crippen MR) is 63.2 cm³/mol. The molecule has 16 heavy (non-hydrogen) atoms. The Kier molecular flexibility index (Phi) is 5.81. The first-order chi connectivity index (χ1) is 7.68. The second-order valence-corrected chi connectivity index (χ2v) is 4.56. The SMILES string of the molecule is C[C@H](N)CCCNC(=O)OCc1cncs1. The fraction of sp³-hybridized carbons (Fsp3) is 0.600. The molecule has 0 saturated carbocycles. The number of nitrogens with two attached hydrogens (primary N) is 1. The Morgan fingerprint density at radius 2 is 2.56 bits per heavy atom. The molecule has 1 amide bonds. The first kappa shape index (κ1) is 12.9. The number of nitrogens with zero attached hydrogens (tertiary/aromatic N) is 1. The molecule has 0 bridgehead atoms.